The molecule has 45 heavy (non-hydrogen) atoms. The fraction of sp³-hybridized carbons (Fsp3) is 0.226. The lowest BCUT2D eigenvalue weighted by molar-refractivity contribution is -0.385. The summed E-state index contributed by atoms with van der Waals surface area (Å²) in [6.07, 6.45) is 1.13. The normalized spacial score (nSPS) is 14.3. The van der Waals surface area contributed by atoms with E-state index in [4.69, 9.17) is 31.2 Å². The summed E-state index contributed by atoms with van der Waals surface area (Å²) in [5.41, 5.74) is 4.37. The number of rotatable bonds is 13. The smallest absolute Gasteiger partial charge is 0.338 e. The number of nitrogens with one attached hydrogen (secondary N) is 3. The molecule has 0 saturated carbocycles. The monoisotopic (exact) mass is 633 g/mol. The topological polar surface area (TPSA) is 163 Å². The number of hydrogen-bond acceptors (Lipinski definition) is 10. The second-order valence-corrected chi connectivity index (χ2v) is 9.91. The second kappa shape index (κ2) is 15.3. The van der Waals surface area contributed by atoms with Crippen LogP contribution in [-0.4, -0.2) is 48.5 Å². The number of nitro groups is 1. The van der Waals surface area contributed by atoms with Crippen molar-refractivity contribution in [3.8, 4) is 17.2 Å². The summed E-state index contributed by atoms with van der Waals surface area (Å²) in [6, 6.07) is 18.1. The van der Waals surface area contributed by atoms with Crippen molar-refractivity contribution in [2.24, 2.45) is 5.10 Å². The van der Waals surface area contributed by atoms with E-state index in [-0.39, 0.29) is 36.0 Å². The van der Waals surface area contributed by atoms with Crippen LogP contribution in [0.2, 0.25) is 0 Å². The van der Waals surface area contributed by atoms with Crippen molar-refractivity contribution in [2.75, 3.05) is 20.3 Å². The number of methoxy groups -OCH3 is 1. The minimum absolute atomic E-state index is 0.0806. The first-order chi connectivity index (χ1) is 21.7. The first-order valence-corrected chi connectivity index (χ1v) is 14.1. The van der Waals surface area contributed by atoms with Crippen LogP contribution in [0.3, 0.4) is 0 Å². The summed E-state index contributed by atoms with van der Waals surface area (Å²) in [5.74, 6) is -0.404. The zero-order valence-corrected chi connectivity index (χ0v) is 25.5. The van der Waals surface area contributed by atoms with Gasteiger partial charge >= 0.3 is 5.97 Å². The number of hydrogen-bond donors (Lipinski definition) is 3. The van der Waals surface area contributed by atoms with E-state index in [1.54, 1.807) is 38.1 Å². The highest BCUT2D eigenvalue weighted by Crippen LogP contribution is 2.35. The highest BCUT2D eigenvalue weighted by Gasteiger charge is 2.32. The number of hydrazone groups is 1. The Balaban J connectivity index is 1.45. The van der Waals surface area contributed by atoms with Gasteiger partial charge in [-0.15, -0.1) is 0 Å². The molecule has 0 aliphatic carbocycles. The molecule has 1 heterocycles. The highest BCUT2D eigenvalue weighted by molar-refractivity contribution is 7.80. The molecule has 1 atom stereocenters. The molecule has 3 N–H and O–H groups in total. The van der Waals surface area contributed by atoms with Gasteiger partial charge in [-0.1, -0.05) is 48.5 Å². The molecule has 0 aromatic heterocycles. The fourth-order valence-electron chi connectivity index (χ4n) is 4.44. The van der Waals surface area contributed by atoms with Gasteiger partial charge < -0.3 is 29.6 Å². The number of allylic oxidation sites excluding steroid dienone is 1. The quantitative estimate of drug-likeness (QED) is 0.0818. The van der Waals surface area contributed by atoms with Gasteiger partial charge in [0.2, 0.25) is 0 Å². The number of thiocarbonyl (C=S) groups is 1. The van der Waals surface area contributed by atoms with Gasteiger partial charge in [-0.2, -0.15) is 5.10 Å². The van der Waals surface area contributed by atoms with E-state index in [0.29, 0.717) is 27.7 Å². The zero-order chi connectivity index (χ0) is 32.3. The van der Waals surface area contributed by atoms with Gasteiger partial charge in [-0.3, -0.25) is 14.9 Å². The number of carbonyl (C=O) groups is 2. The molecule has 234 valence electrons. The Bertz CT molecular complexity index is 1640. The summed E-state index contributed by atoms with van der Waals surface area (Å²) in [4.78, 5) is 36.6. The van der Waals surface area contributed by atoms with Crippen LogP contribution in [0.4, 0.5) is 5.69 Å². The Morgan fingerprint density at radius 2 is 1.80 bits per heavy atom. The Kier molecular flexibility index (Phi) is 11.0. The third kappa shape index (κ3) is 8.32. The van der Waals surface area contributed by atoms with Crippen LogP contribution >= 0.6 is 12.2 Å². The number of nitro benzene ring substituents is 1. The maximum Gasteiger partial charge on any atom is 0.338 e. The molecule has 0 fully saturated rings. The van der Waals surface area contributed by atoms with E-state index in [1.807, 2.05) is 30.3 Å². The maximum atomic E-state index is 12.7. The first-order valence-electron chi connectivity index (χ1n) is 13.7. The van der Waals surface area contributed by atoms with Crippen molar-refractivity contribution in [1.29, 1.82) is 0 Å². The summed E-state index contributed by atoms with van der Waals surface area (Å²) in [7, 11) is 1.41. The lowest BCUT2D eigenvalue weighted by Gasteiger charge is -2.30. The summed E-state index contributed by atoms with van der Waals surface area (Å²) < 4.78 is 22.2. The van der Waals surface area contributed by atoms with Crippen molar-refractivity contribution < 1.29 is 33.5 Å². The lowest BCUT2D eigenvalue weighted by Crippen LogP contribution is -2.45. The third-order valence-corrected chi connectivity index (χ3v) is 6.71. The molecule has 4 rings (SSSR count). The number of ether oxygens (including phenoxy) is 4. The SMILES string of the molecule is CCOC(=O)C1=C(C)NC(=S)N[C@H]1c1ccccc1OCC(=O)NN=Cc1cc(OC)c(OCc2ccccc2)cc1[N+](=O)[O-]. The van der Waals surface area contributed by atoms with E-state index >= 15 is 0 Å². The van der Waals surface area contributed by atoms with Crippen molar-refractivity contribution >= 4 is 41.1 Å². The Hall–Kier alpha value is -5.50. The fourth-order valence-corrected chi connectivity index (χ4v) is 4.71. The number of benzene rings is 3. The van der Waals surface area contributed by atoms with Crippen molar-refractivity contribution in [1.82, 2.24) is 16.1 Å². The Labute approximate surface area is 264 Å². The number of amides is 1. The molecule has 0 saturated heterocycles. The van der Waals surface area contributed by atoms with E-state index in [9.17, 15) is 19.7 Å². The highest BCUT2D eigenvalue weighted by atomic mass is 32.1. The predicted octanol–water partition coefficient (Wildman–Crippen LogP) is 4.07. The van der Waals surface area contributed by atoms with Crippen LogP contribution in [0.1, 0.15) is 36.6 Å². The molecule has 0 radical (unpaired) electrons. The number of para-hydroxylation sites is 1. The number of nitrogens with zero attached hydrogens (tertiary/aromatic N) is 2. The summed E-state index contributed by atoms with van der Waals surface area (Å²) >= 11 is 5.30. The molecule has 13 nitrogen and oxygen atoms in total. The molecule has 0 bridgehead atoms. The molecule has 14 heteroatoms. The molecule has 0 unspecified atom stereocenters. The second-order valence-electron chi connectivity index (χ2n) is 9.50. The summed E-state index contributed by atoms with van der Waals surface area (Å²) in [6.45, 7) is 3.35. The molecule has 0 spiro atoms. The van der Waals surface area contributed by atoms with Crippen molar-refractivity contribution in [3.05, 3.63) is 105 Å². The average Bonchev–Trinajstić information content (AvgIpc) is 3.03. The van der Waals surface area contributed by atoms with E-state index in [2.05, 4.69) is 21.2 Å². The van der Waals surface area contributed by atoms with Crippen molar-refractivity contribution in [3.63, 3.8) is 0 Å². The van der Waals surface area contributed by atoms with Gasteiger partial charge in [-0.05, 0) is 43.8 Å². The van der Waals surface area contributed by atoms with Gasteiger partial charge in [0, 0.05) is 11.3 Å². The van der Waals surface area contributed by atoms with Crippen molar-refractivity contribution in [2.45, 2.75) is 26.5 Å². The first kappa shape index (κ1) is 32.4. The predicted molar refractivity (Wildman–Crippen MR) is 169 cm³/mol. The molecular formula is C31H31N5O8S. The van der Waals surface area contributed by atoms with Gasteiger partial charge in [0.05, 0.1) is 48.1 Å². The van der Waals surface area contributed by atoms with E-state index in [1.165, 1.54) is 19.2 Å². The molecule has 1 aliphatic rings. The van der Waals surface area contributed by atoms with Crippen LogP contribution in [0.25, 0.3) is 0 Å². The van der Waals surface area contributed by atoms with E-state index in [0.717, 1.165) is 11.8 Å². The molecule has 1 amide bonds. The van der Waals surface area contributed by atoms with Gasteiger partial charge in [0.1, 0.15) is 12.4 Å². The van der Waals surface area contributed by atoms with Crippen LogP contribution in [0.5, 0.6) is 17.2 Å². The van der Waals surface area contributed by atoms with Gasteiger partial charge in [0.25, 0.3) is 11.6 Å². The lowest BCUT2D eigenvalue weighted by atomic mass is 9.95. The standard InChI is InChI=1S/C31H31N5O8S/c1-4-42-30(38)28-19(2)33-31(45)34-29(28)22-12-8-9-13-24(22)44-18-27(37)35-32-16-21-14-25(41-3)26(15-23(21)36(39)40)43-17-20-10-6-5-7-11-20/h5-16,29H,4,17-18H2,1-3H3,(H,35,37)(H2,33,34,45)/t29-/m0/s1. The van der Waals surface area contributed by atoms with Gasteiger partial charge in [-0.25, -0.2) is 10.2 Å². The largest absolute Gasteiger partial charge is 0.493 e. The molecular weight excluding hydrogens is 602 g/mol. The summed E-state index contributed by atoms with van der Waals surface area (Å²) in [5, 5.41) is 22.0. The van der Waals surface area contributed by atoms with Crippen LogP contribution in [-0.2, 0) is 20.9 Å². The Morgan fingerprint density at radius 3 is 2.51 bits per heavy atom. The molecule has 3 aromatic carbocycles. The molecule has 3 aromatic rings. The number of carbonyl (C=O) groups excluding carboxylic acids is 2. The third-order valence-electron chi connectivity index (χ3n) is 6.49. The minimum Gasteiger partial charge on any atom is -0.493 e. The Morgan fingerprint density at radius 1 is 1.07 bits per heavy atom. The van der Waals surface area contributed by atoms with Gasteiger partial charge in [0.15, 0.2) is 23.2 Å². The molecule has 1 aliphatic heterocycles. The zero-order valence-electron chi connectivity index (χ0n) is 24.7. The van der Waals surface area contributed by atoms with Crippen LogP contribution in [0, 0.1) is 10.1 Å². The number of esters is 1. The maximum absolute atomic E-state index is 12.7. The minimum atomic E-state index is -0.690. The van der Waals surface area contributed by atoms with E-state index < -0.39 is 29.4 Å². The average molecular weight is 634 g/mol. The van der Waals surface area contributed by atoms with Crippen LogP contribution < -0.4 is 30.3 Å². The van der Waals surface area contributed by atoms with Crippen LogP contribution in [0.15, 0.2) is 83.1 Å².